The molecule has 2 saturated heterocycles. The van der Waals surface area contributed by atoms with Gasteiger partial charge in [0.1, 0.15) is 5.69 Å². The summed E-state index contributed by atoms with van der Waals surface area (Å²) in [4.78, 5) is 20.5. The van der Waals surface area contributed by atoms with Crippen LogP contribution in [-0.2, 0) is 0 Å². The van der Waals surface area contributed by atoms with E-state index in [1.165, 1.54) is 12.8 Å². The van der Waals surface area contributed by atoms with Crippen molar-refractivity contribution in [2.24, 2.45) is 5.41 Å². The van der Waals surface area contributed by atoms with Gasteiger partial charge in [-0.05, 0) is 56.9 Å². The third-order valence-electron chi connectivity index (χ3n) is 5.53. The summed E-state index contributed by atoms with van der Waals surface area (Å²) in [5.41, 5.74) is 2.14. The second-order valence-corrected chi connectivity index (χ2v) is 7.05. The number of carbonyl (C=O) groups is 1. The van der Waals surface area contributed by atoms with Crippen LogP contribution in [0.2, 0.25) is 0 Å². The molecule has 22 heavy (non-hydrogen) atoms. The molecule has 3 heterocycles. The van der Waals surface area contributed by atoms with E-state index in [1.54, 1.807) is 0 Å². The molecule has 0 unspecified atom stereocenters. The maximum absolute atomic E-state index is 12.8. The van der Waals surface area contributed by atoms with Gasteiger partial charge in [0, 0.05) is 24.0 Å². The van der Waals surface area contributed by atoms with Crippen LogP contribution in [-0.4, -0.2) is 53.9 Å². The number of aromatic nitrogens is 1. The number of hydrogen-bond acceptors (Lipinski definition) is 2. The molecule has 0 aliphatic carbocycles. The third-order valence-corrected chi connectivity index (χ3v) is 5.53. The molecular formula is C18H23N3O. The number of carbonyl (C=O) groups excluding carboxylic acids is 1. The zero-order valence-corrected chi connectivity index (χ0v) is 13.1. The first-order chi connectivity index (χ1) is 10.7. The van der Waals surface area contributed by atoms with Gasteiger partial charge in [-0.1, -0.05) is 18.2 Å². The number of likely N-dealkylation sites (tertiary alicyclic amines) is 2. The zero-order valence-electron chi connectivity index (χ0n) is 13.1. The summed E-state index contributed by atoms with van der Waals surface area (Å²) in [5, 5.41) is 1.11. The topological polar surface area (TPSA) is 39.3 Å². The van der Waals surface area contributed by atoms with Crippen molar-refractivity contribution in [3.05, 3.63) is 36.0 Å². The Morgan fingerprint density at radius 1 is 1.14 bits per heavy atom. The number of H-pyrrole nitrogens is 1. The van der Waals surface area contributed by atoms with Gasteiger partial charge in [-0.2, -0.15) is 0 Å². The second-order valence-electron chi connectivity index (χ2n) is 7.05. The predicted octanol–water partition coefficient (Wildman–Crippen LogP) is 2.73. The van der Waals surface area contributed by atoms with Gasteiger partial charge in [0.25, 0.3) is 5.91 Å². The lowest BCUT2D eigenvalue weighted by Gasteiger charge is -2.37. The van der Waals surface area contributed by atoms with Crippen molar-refractivity contribution in [1.29, 1.82) is 0 Å². The van der Waals surface area contributed by atoms with E-state index in [4.69, 9.17) is 0 Å². The molecule has 2 aromatic rings. The van der Waals surface area contributed by atoms with Gasteiger partial charge in [-0.25, -0.2) is 0 Å². The quantitative estimate of drug-likeness (QED) is 0.879. The fraction of sp³-hybridized carbons (Fsp3) is 0.500. The molecule has 1 aromatic carbocycles. The normalized spacial score (nSPS) is 21.8. The largest absolute Gasteiger partial charge is 0.351 e. The van der Waals surface area contributed by atoms with E-state index in [0.717, 1.165) is 49.2 Å². The minimum Gasteiger partial charge on any atom is -0.351 e. The van der Waals surface area contributed by atoms with Crippen LogP contribution in [0.4, 0.5) is 0 Å². The van der Waals surface area contributed by atoms with E-state index in [2.05, 4.69) is 21.8 Å². The number of aromatic amines is 1. The summed E-state index contributed by atoms with van der Waals surface area (Å²) in [6.45, 7) is 4.15. The number of hydrogen-bond donors (Lipinski definition) is 1. The Hall–Kier alpha value is -1.81. The van der Waals surface area contributed by atoms with Crippen molar-refractivity contribution >= 4 is 16.8 Å². The average molecular weight is 297 g/mol. The number of rotatable bonds is 1. The standard InChI is InChI=1S/C18H23N3O/c1-20-9-6-18(7-10-20)8-11-21(13-18)17(22)16-12-14-4-2-3-5-15(14)19-16/h2-5,12,19H,6-11,13H2,1H3. The molecule has 1 aromatic heterocycles. The van der Waals surface area contributed by atoms with Gasteiger partial charge < -0.3 is 14.8 Å². The van der Waals surface area contributed by atoms with Crippen molar-refractivity contribution in [3.63, 3.8) is 0 Å². The Kier molecular flexibility index (Phi) is 3.22. The fourth-order valence-electron chi connectivity index (χ4n) is 3.97. The van der Waals surface area contributed by atoms with Gasteiger partial charge in [-0.15, -0.1) is 0 Å². The smallest absolute Gasteiger partial charge is 0.270 e. The molecule has 4 nitrogen and oxygen atoms in total. The number of nitrogens with one attached hydrogen (secondary N) is 1. The average Bonchev–Trinajstić information content (AvgIpc) is 3.14. The van der Waals surface area contributed by atoms with Crippen LogP contribution in [0.3, 0.4) is 0 Å². The van der Waals surface area contributed by atoms with E-state index in [0.29, 0.717) is 5.41 Å². The van der Waals surface area contributed by atoms with Crippen LogP contribution >= 0.6 is 0 Å². The zero-order chi connectivity index (χ0) is 15.2. The number of amides is 1. The number of fused-ring (bicyclic) bond motifs is 1. The third kappa shape index (κ3) is 2.31. The molecule has 1 amide bonds. The number of benzene rings is 1. The summed E-state index contributed by atoms with van der Waals surface area (Å²) >= 11 is 0. The van der Waals surface area contributed by atoms with Crippen LogP contribution in [0.15, 0.2) is 30.3 Å². The van der Waals surface area contributed by atoms with Gasteiger partial charge >= 0.3 is 0 Å². The highest BCUT2D eigenvalue weighted by atomic mass is 16.2. The molecule has 2 aliphatic heterocycles. The van der Waals surface area contributed by atoms with Gasteiger partial charge in [0.05, 0.1) is 0 Å². The van der Waals surface area contributed by atoms with Crippen LogP contribution < -0.4 is 0 Å². The van der Waals surface area contributed by atoms with Crippen molar-refractivity contribution in [3.8, 4) is 0 Å². The number of piperidine rings is 1. The molecule has 116 valence electrons. The first-order valence-electron chi connectivity index (χ1n) is 8.21. The van der Waals surface area contributed by atoms with Crippen LogP contribution in [0, 0.1) is 5.41 Å². The van der Waals surface area contributed by atoms with Crippen molar-refractivity contribution in [1.82, 2.24) is 14.8 Å². The highest BCUT2D eigenvalue weighted by Gasteiger charge is 2.41. The molecule has 1 spiro atoms. The lowest BCUT2D eigenvalue weighted by molar-refractivity contribution is 0.0732. The van der Waals surface area contributed by atoms with E-state index < -0.39 is 0 Å². The Bertz CT molecular complexity index is 664. The molecule has 1 N–H and O–H groups in total. The summed E-state index contributed by atoms with van der Waals surface area (Å²) in [6.07, 6.45) is 3.60. The second kappa shape index (κ2) is 5.13. The van der Waals surface area contributed by atoms with E-state index in [1.807, 2.05) is 30.3 Å². The molecule has 2 aliphatic rings. The highest BCUT2D eigenvalue weighted by Crippen LogP contribution is 2.40. The van der Waals surface area contributed by atoms with Gasteiger partial charge in [0.15, 0.2) is 0 Å². The fourth-order valence-corrected chi connectivity index (χ4v) is 3.97. The predicted molar refractivity (Wildman–Crippen MR) is 88.0 cm³/mol. The Morgan fingerprint density at radius 3 is 2.64 bits per heavy atom. The van der Waals surface area contributed by atoms with E-state index in [9.17, 15) is 4.79 Å². The van der Waals surface area contributed by atoms with E-state index in [-0.39, 0.29) is 5.91 Å². The molecule has 0 atom stereocenters. The first kappa shape index (κ1) is 13.8. The van der Waals surface area contributed by atoms with Crippen molar-refractivity contribution in [2.45, 2.75) is 19.3 Å². The van der Waals surface area contributed by atoms with Gasteiger partial charge in [-0.3, -0.25) is 4.79 Å². The molecular weight excluding hydrogens is 274 g/mol. The van der Waals surface area contributed by atoms with Crippen molar-refractivity contribution < 1.29 is 4.79 Å². The number of para-hydroxylation sites is 1. The van der Waals surface area contributed by atoms with Gasteiger partial charge in [0.2, 0.25) is 0 Å². The molecule has 4 heteroatoms. The molecule has 4 rings (SSSR count). The Morgan fingerprint density at radius 2 is 1.86 bits per heavy atom. The lowest BCUT2D eigenvalue weighted by Crippen LogP contribution is -2.40. The minimum atomic E-state index is 0.159. The molecule has 0 saturated carbocycles. The number of nitrogens with zero attached hydrogens (tertiary/aromatic N) is 2. The molecule has 2 fully saturated rings. The lowest BCUT2D eigenvalue weighted by atomic mass is 9.78. The summed E-state index contributed by atoms with van der Waals surface area (Å²) in [5.74, 6) is 0.159. The van der Waals surface area contributed by atoms with Crippen molar-refractivity contribution in [2.75, 3.05) is 33.2 Å². The minimum absolute atomic E-state index is 0.159. The maximum atomic E-state index is 12.8. The SMILES string of the molecule is CN1CCC2(CC1)CCN(C(=O)c1cc3ccccc3[nH]1)C2. The van der Waals surface area contributed by atoms with Crippen LogP contribution in [0.5, 0.6) is 0 Å². The molecule has 0 bridgehead atoms. The summed E-state index contributed by atoms with van der Waals surface area (Å²) in [7, 11) is 2.19. The Labute approximate surface area is 131 Å². The Balaban J connectivity index is 1.51. The highest BCUT2D eigenvalue weighted by molar-refractivity contribution is 5.98. The van der Waals surface area contributed by atoms with E-state index >= 15 is 0 Å². The van der Waals surface area contributed by atoms with Crippen LogP contribution in [0.25, 0.3) is 10.9 Å². The summed E-state index contributed by atoms with van der Waals surface area (Å²) < 4.78 is 0. The maximum Gasteiger partial charge on any atom is 0.270 e. The molecule has 0 radical (unpaired) electrons. The first-order valence-corrected chi connectivity index (χ1v) is 8.21. The monoisotopic (exact) mass is 297 g/mol. The van der Waals surface area contributed by atoms with Crippen LogP contribution in [0.1, 0.15) is 29.8 Å². The summed E-state index contributed by atoms with van der Waals surface area (Å²) in [6, 6.07) is 10.1.